The average Bonchev–Trinajstić information content (AvgIpc) is 2.26. The van der Waals surface area contributed by atoms with E-state index in [0.29, 0.717) is 0 Å². The van der Waals surface area contributed by atoms with Crippen molar-refractivity contribution in [1.82, 2.24) is 4.90 Å². The average molecular weight is 192 g/mol. The maximum Gasteiger partial charge on any atom is 0.131 e. The molecule has 0 unspecified atom stereocenters. The first-order valence-electron chi connectivity index (χ1n) is 4.77. The Hall–Kier alpha value is -1.51. The number of hydrogen-bond donors (Lipinski definition) is 1. The number of nitrogens with zero attached hydrogens (tertiary/aromatic N) is 2. The fourth-order valence-electron chi connectivity index (χ4n) is 1.44. The lowest BCUT2D eigenvalue weighted by atomic mass is 10.1. The Morgan fingerprint density at radius 3 is 2.57 bits per heavy atom. The molecule has 3 nitrogen and oxygen atoms in total. The Morgan fingerprint density at radius 2 is 2.07 bits per heavy atom. The van der Waals surface area contributed by atoms with E-state index in [1.807, 2.05) is 30.0 Å². The van der Waals surface area contributed by atoms with E-state index in [4.69, 9.17) is 5.21 Å². The predicted molar refractivity (Wildman–Crippen MR) is 57.5 cm³/mol. The third-order valence-corrected chi connectivity index (χ3v) is 2.34. The molecule has 0 aliphatic rings. The van der Waals surface area contributed by atoms with E-state index in [1.54, 1.807) is 0 Å². The van der Waals surface area contributed by atoms with Crippen LogP contribution in [0.1, 0.15) is 25.5 Å². The summed E-state index contributed by atoms with van der Waals surface area (Å²) in [5, 5.41) is 11.5. The van der Waals surface area contributed by atoms with E-state index in [-0.39, 0.29) is 6.04 Å². The van der Waals surface area contributed by atoms with E-state index >= 15 is 0 Å². The van der Waals surface area contributed by atoms with Crippen LogP contribution < -0.4 is 0 Å². The maximum absolute atomic E-state index is 8.49. The quantitative estimate of drug-likeness (QED) is 0.344. The zero-order chi connectivity index (χ0) is 10.4. The molecule has 0 fully saturated rings. The number of benzene rings is 1. The molecule has 0 bridgehead atoms. The minimum absolute atomic E-state index is 0.233. The molecule has 0 aliphatic carbocycles. The molecular weight excluding hydrogens is 176 g/mol. The normalized spacial score (nSPS) is 13.0. The summed E-state index contributed by atoms with van der Waals surface area (Å²) in [6.07, 6.45) is 1.46. The van der Waals surface area contributed by atoms with Gasteiger partial charge in [-0.2, -0.15) is 0 Å². The molecule has 0 saturated heterocycles. The Bertz CT molecular complexity index is 285. The van der Waals surface area contributed by atoms with Crippen LogP contribution in [0.2, 0.25) is 0 Å². The van der Waals surface area contributed by atoms with Crippen LogP contribution in [0.25, 0.3) is 0 Å². The lowest BCUT2D eigenvalue weighted by Gasteiger charge is -2.25. The van der Waals surface area contributed by atoms with Gasteiger partial charge in [-0.05, 0) is 19.4 Å². The van der Waals surface area contributed by atoms with Crippen molar-refractivity contribution in [2.24, 2.45) is 5.16 Å². The van der Waals surface area contributed by atoms with Gasteiger partial charge in [0.05, 0.1) is 6.04 Å². The van der Waals surface area contributed by atoms with Gasteiger partial charge in [-0.1, -0.05) is 35.5 Å². The van der Waals surface area contributed by atoms with Crippen molar-refractivity contribution in [1.29, 1.82) is 0 Å². The van der Waals surface area contributed by atoms with E-state index in [9.17, 15) is 0 Å². The summed E-state index contributed by atoms with van der Waals surface area (Å²) in [6.45, 7) is 4.93. The van der Waals surface area contributed by atoms with Gasteiger partial charge in [0, 0.05) is 6.54 Å². The fourth-order valence-corrected chi connectivity index (χ4v) is 1.44. The van der Waals surface area contributed by atoms with Gasteiger partial charge in [-0.3, -0.25) is 0 Å². The van der Waals surface area contributed by atoms with Gasteiger partial charge in [-0.25, -0.2) is 0 Å². The summed E-state index contributed by atoms with van der Waals surface area (Å²) in [4.78, 5) is 1.97. The second kappa shape index (κ2) is 5.27. The van der Waals surface area contributed by atoms with Crippen LogP contribution in [0.4, 0.5) is 0 Å². The molecule has 0 radical (unpaired) electrons. The van der Waals surface area contributed by atoms with Gasteiger partial charge < -0.3 is 10.1 Å². The van der Waals surface area contributed by atoms with E-state index in [2.05, 4.69) is 24.2 Å². The molecule has 1 atom stereocenters. The smallest absolute Gasteiger partial charge is 0.131 e. The zero-order valence-electron chi connectivity index (χ0n) is 8.59. The summed E-state index contributed by atoms with van der Waals surface area (Å²) in [7, 11) is 0. The highest BCUT2D eigenvalue weighted by Crippen LogP contribution is 2.17. The number of oxime groups is 1. The van der Waals surface area contributed by atoms with Gasteiger partial charge in [-0.15, -0.1) is 0 Å². The Balaban J connectivity index is 2.77. The number of rotatable bonds is 4. The highest BCUT2D eigenvalue weighted by atomic mass is 16.4. The molecule has 1 rings (SSSR count). The number of hydrogen-bond acceptors (Lipinski definition) is 2. The van der Waals surface area contributed by atoms with E-state index in [1.165, 1.54) is 11.9 Å². The molecule has 1 aromatic rings. The molecule has 1 aromatic carbocycles. The minimum atomic E-state index is 0.233. The lowest BCUT2D eigenvalue weighted by molar-refractivity contribution is 0.294. The first-order valence-corrected chi connectivity index (χ1v) is 4.77. The van der Waals surface area contributed by atoms with Crippen LogP contribution in [0.15, 0.2) is 35.5 Å². The molecule has 76 valence electrons. The summed E-state index contributed by atoms with van der Waals surface area (Å²) < 4.78 is 0. The largest absolute Gasteiger partial charge is 0.410 e. The van der Waals surface area contributed by atoms with Gasteiger partial charge in [0.2, 0.25) is 0 Å². The van der Waals surface area contributed by atoms with Crippen molar-refractivity contribution in [3.63, 3.8) is 0 Å². The van der Waals surface area contributed by atoms with Crippen molar-refractivity contribution in [2.75, 3.05) is 6.54 Å². The molecule has 14 heavy (non-hydrogen) atoms. The molecular formula is C11H16N2O. The second-order valence-corrected chi connectivity index (χ2v) is 3.15. The maximum atomic E-state index is 8.49. The highest BCUT2D eigenvalue weighted by Gasteiger charge is 2.10. The molecule has 1 N–H and O–H groups in total. The third-order valence-electron chi connectivity index (χ3n) is 2.34. The van der Waals surface area contributed by atoms with Gasteiger partial charge in [0.15, 0.2) is 0 Å². The molecule has 0 amide bonds. The monoisotopic (exact) mass is 192 g/mol. The van der Waals surface area contributed by atoms with Crippen molar-refractivity contribution < 1.29 is 5.21 Å². The summed E-state index contributed by atoms with van der Waals surface area (Å²) >= 11 is 0. The van der Waals surface area contributed by atoms with Crippen molar-refractivity contribution in [2.45, 2.75) is 19.9 Å². The molecule has 0 heterocycles. The summed E-state index contributed by atoms with van der Waals surface area (Å²) in [6, 6.07) is 10.4. The Labute approximate surface area is 84.7 Å². The van der Waals surface area contributed by atoms with E-state index < -0.39 is 0 Å². The van der Waals surface area contributed by atoms with Crippen LogP contribution in [0.5, 0.6) is 0 Å². The molecule has 0 spiro atoms. The van der Waals surface area contributed by atoms with Crippen molar-refractivity contribution in [3.05, 3.63) is 35.9 Å². The first kappa shape index (κ1) is 10.6. The summed E-state index contributed by atoms with van der Waals surface area (Å²) in [5.74, 6) is 0. The zero-order valence-corrected chi connectivity index (χ0v) is 8.59. The minimum Gasteiger partial charge on any atom is -0.410 e. The first-order chi connectivity index (χ1) is 6.79. The van der Waals surface area contributed by atoms with Crippen LogP contribution in [0.3, 0.4) is 0 Å². The van der Waals surface area contributed by atoms with Crippen LogP contribution in [0, 0.1) is 0 Å². The standard InChI is InChI=1S/C11H16N2O/c1-3-13(9-12-14)10(2)11-7-5-4-6-8-11/h4-10,14H,3H2,1-2H3/b12-9-/t10-/m1/s1. The van der Waals surface area contributed by atoms with Crippen molar-refractivity contribution >= 4 is 6.34 Å². The van der Waals surface area contributed by atoms with Crippen molar-refractivity contribution in [3.8, 4) is 0 Å². The Morgan fingerprint density at radius 1 is 1.43 bits per heavy atom. The molecule has 0 aliphatic heterocycles. The molecule has 0 saturated carbocycles. The molecule has 0 aromatic heterocycles. The van der Waals surface area contributed by atoms with Gasteiger partial charge in [0.1, 0.15) is 6.34 Å². The third kappa shape index (κ3) is 2.49. The van der Waals surface area contributed by atoms with Gasteiger partial charge >= 0.3 is 0 Å². The van der Waals surface area contributed by atoms with Crippen LogP contribution >= 0.6 is 0 Å². The SMILES string of the molecule is CCN(/C=N\O)[C@H](C)c1ccccc1. The fraction of sp³-hybridized carbons (Fsp3) is 0.364. The van der Waals surface area contributed by atoms with E-state index in [0.717, 1.165) is 6.54 Å². The predicted octanol–water partition coefficient (Wildman–Crippen LogP) is 2.49. The second-order valence-electron chi connectivity index (χ2n) is 3.15. The highest BCUT2D eigenvalue weighted by molar-refractivity contribution is 5.54. The van der Waals surface area contributed by atoms with Crippen LogP contribution in [-0.2, 0) is 0 Å². The topological polar surface area (TPSA) is 35.8 Å². The summed E-state index contributed by atoms with van der Waals surface area (Å²) in [5.41, 5.74) is 1.22. The lowest BCUT2D eigenvalue weighted by Crippen LogP contribution is -2.25. The Kier molecular flexibility index (Phi) is 3.98. The van der Waals surface area contributed by atoms with Crippen LogP contribution in [-0.4, -0.2) is 23.0 Å². The molecule has 3 heteroatoms. The van der Waals surface area contributed by atoms with Gasteiger partial charge in [0.25, 0.3) is 0 Å².